The van der Waals surface area contributed by atoms with Crippen molar-refractivity contribution < 1.29 is 9.53 Å². The highest BCUT2D eigenvalue weighted by Crippen LogP contribution is 2.36. The Hall–Kier alpha value is -3.24. The number of para-hydroxylation sites is 2. The zero-order chi connectivity index (χ0) is 22.1. The van der Waals surface area contributed by atoms with Gasteiger partial charge in [0, 0.05) is 13.1 Å². The minimum Gasteiger partial charge on any atom is -0.495 e. The molecule has 0 radical (unpaired) electrons. The number of thiophene rings is 1. The number of anilines is 2. The highest BCUT2D eigenvalue weighted by atomic mass is 32.1. The number of rotatable bonds is 6. The third-order valence-corrected chi connectivity index (χ3v) is 7.29. The van der Waals surface area contributed by atoms with E-state index in [0.29, 0.717) is 22.6 Å². The summed E-state index contributed by atoms with van der Waals surface area (Å²) in [6, 6.07) is 11.0. The maximum absolute atomic E-state index is 13.2. The van der Waals surface area contributed by atoms with Crippen LogP contribution >= 0.6 is 22.7 Å². The van der Waals surface area contributed by atoms with Crippen molar-refractivity contribution in [3.63, 3.8) is 0 Å². The predicted molar refractivity (Wildman–Crippen MR) is 128 cm³/mol. The van der Waals surface area contributed by atoms with Crippen LogP contribution in [0.3, 0.4) is 0 Å². The molecule has 0 saturated carbocycles. The van der Waals surface area contributed by atoms with Crippen molar-refractivity contribution in [2.45, 2.75) is 19.4 Å². The summed E-state index contributed by atoms with van der Waals surface area (Å²) in [4.78, 5) is 33.8. The number of fused-ring (bicyclic) bond motifs is 1. The van der Waals surface area contributed by atoms with Gasteiger partial charge < -0.3 is 15.0 Å². The lowest BCUT2D eigenvalue weighted by Gasteiger charge is -2.11. The molecule has 8 nitrogen and oxygen atoms in total. The molecule has 3 aromatic heterocycles. The van der Waals surface area contributed by atoms with Gasteiger partial charge in [-0.2, -0.15) is 5.10 Å². The average molecular weight is 468 g/mol. The molecule has 5 rings (SSSR count). The number of carbonyl (C=O) groups is 1. The summed E-state index contributed by atoms with van der Waals surface area (Å²) >= 11 is 3.04. The van der Waals surface area contributed by atoms with Crippen molar-refractivity contribution in [3.05, 3.63) is 52.1 Å². The van der Waals surface area contributed by atoms with E-state index in [9.17, 15) is 9.59 Å². The first-order valence-electron chi connectivity index (χ1n) is 10.3. The Kier molecular flexibility index (Phi) is 5.62. The number of benzene rings is 1. The fourth-order valence-electron chi connectivity index (χ4n) is 3.75. The van der Waals surface area contributed by atoms with Gasteiger partial charge in [-0.05, 0) is 36.4 Å². The molecular weight excluding hydrogens is 446 g/mol. The molecule has 0 aliphatic carbocycles. The fourth-order valence-corrected chi connectivity index (χ4v) is 5.64. The summed E-state index contributed by atoms with van der Waals surface area (Å²) < 4.78 is 7.26. The third-order valence-electron chi connectivity index (χ3n) is 5.29. The molecule has 0 atom stereocenters. The fraction of sp³-hybridized carbons (Fsp3) is 0.273. The van der Waals surface area contributed by atoms with E-state index < -0.39 is 0 Å². The van der Waals surface area contributed by atoms with Gasteiger partial charge in [0.2, 0.25) is 5.91 Å². The van der Waals surface area contributed by atoms with Crippen LogP contribution in [0.4, 0.5) is 10.8 Å². The molecule has 0 unspecified atom stereocenters. The van der Waals surface area contributed by atoms with Crippen LogP contribution < -0.4 is 20.5 Å². The maximum atomic E-state index is 13.2. The molecule has 0 spiro atoms. The second kappa shape index (κ2) is 8.71. The van der Waals surface area contributed by atoms with Crippen LogP contribution in [-0.4, -0.2) is 40.9 Å². The zero-order valence-corrected chi connectivity index (χ0v) is 19.0. The van der Waals surface area contributed by atoms with Gasteiger partial charge in [-0.15, -0.1) is 11.3 Å². The summed E-state index contributed by atoms with van der Waals surface area (Å²) in [5.74, 6) is 0.182. The number of amides is 1. The lowest BCUT2D eigenvalue weighted by Crippen LogP contribution is -2.30. The molecule has 1 N–H and O–H groups in total. The average Bonchev–Trinajstić information content (AvgIpc) is 3.57. The molecule has 10 heteroatoms. The number of nitrogens with one attached hydrogen (secondary N) is 1. The van der Waals surface area contributed by atoms with Crippen molar-refractivity contribution in [1.29, 1.82) is 0 Å². The van der Waals surface area contributed by atoms with Crippen LogP contribution in [0, 0.1) is 0 Å². The van der Waals surface area contributed by atoms with Crippen molar-refractivity contribution in [2.24, 2.45) is 0 Å². The van der Waals surface area contributed by atoms with E-state index in [-0.39, 0.29) is 18.0 Å². The molecule has 1 aliphatic rings. The van der Waals surface area contributed by atoms with E-state index >= 15 is 0 Å². The molecule has 1 fully saturated rings. The Morgan fingerprint density at radius 1 is 1.19 bits per heavy atom. The van der Waals surface area contributed by atoms with Crippen LogP contribution in [0.25, 0.3) is 20.8 Å². The second-order valence-corrected chi connectivity index (χ2v) is 9.33. The number of thiazole rings is 1. The first-order valence-corrected chi connectivity index (χ1v) is 12.0. The van der Waals surface area contributed by atoms with E-state index in [1.54, 1.807) is 36.6 Å². The summed E-state index contributed by atoms with van der Waals surface area (Å²) in [6.07, 6.45) is 2.25. The zero-order valence-electron chi connectivity index (χ0n) is 17.4. The van der Waals surface area contributed by atoms with Gasteiger partial charge in [0.1, 0.15) is 18.0 Å². The van der Waals surface area contributed by atoms with Gasteiger partial charge in [0.25, 0.3) is 5.56 Å². The molecule has 1 aliphatic heterocycles. The number of aromatic nitrogens is 3. The van der Waals surface area contributed by atoms with E-state index in [2.05, 4.69) is 20.3 Å². The summed E-state index contributed by atoms with van der Waals surface area (Å²) in [5.41, 5.74) is 1.22. The number of ether oxygens (including phenoxy) is 1. The highest BCUT2D eigenvalue weighted by Gasteiger charge is 2.23. The standard InChI is InChI=1S/C22H21N5O3S2/c1-30-15-8-3-2-7-14(15)23-17(28)13-27-21(29)19-20(18(25-27)16-9-6-12-31-16)32-22(24-19)26-10-4-5-11-26/h2-3,6-9,12H,4-5,10-11,13H2,1H3,(H,23,28). The van der Waals surface area contributed by atoms with Crippen molar-refractivity contribution in [3.8, 4) is 16.3 Å². The van der Waals surface area contributed by atoms with Gasteiger partial charge in [0.05, 0.1) is 22.4 Å². The molecular formula is C22H21N5O3S2. The van der Waals surface area contributed by atoms with Crippen molar-refractivity contribution >= 4 is 49.6 Å². The topological polar surface area (TPSA) is 89.3 Å². The maximum Gasteiger partial charge on any atom is 0.294 e. The molecule has 0 bridgehead atoms. The Balaban J connectivity index is 1.53. The first kappa shape index (κ1) is 20.7. The van der Waals surface area contributed by atoms with Crippen LogP contribution in [0.5, 0.6) is 5.75 Å². The van der Waals surface area contributed by atoms with E-state index in [4.69, 9.17) is 4.74 Å². The second-order valence-electron chi connectivity index (χ2n) is 7.41. The number of hydrogen-bond donors (Lipinski definition) is 1. The van der Waals surface area contributed by atoms with Gasteiger partial charge in [-0.25, -0.2) is 9.67 Å². The Labute approximate surface area is 192 Å². The Bertz CT molecular complexity index is 1320. The van der Waals surface area contributed by atoms with Crippen molar-refractivity contribution in [1.82, 2.24) is 14.8 Å². The van der Waals surface area contributed by atoms with Crippen LogP contribution in [0.1, 0.15) is 12.8 Å². The normalized spacial score (nSPS) is 13.6. The lowest BCUT2D eigenvalue weighted by atomic mass is 10.3. The summed E-state index contributed by atoms with van der Waals surface area (Å²) in [5, 5.41) is 10.2. The first-order chi connectivity index (χ1) is 15.6. The molecule has 1 amide bonds. The number of hydrogen-bond acceptors (Lipinski definition) is 8. The predicted octanol–water partition coefficient (Wildman–Crippen LogP) is 3.83. The molecule has 164 valence electrons. The lowest BCUT2D eigenvalue weighted by molar-refractivity contribution is -0.117. The van der Waals surface area contributed by atoms with Gasteiger partial charge in [-0.1, -0.05) is 29.5 Å². The number of methoxy groups -OCH3 is 1. The third kappa shape index (κ3) is 3.87. The minimum absolute atomic E-state index is 0.220. The monoisotopic (exact) mass is 467 g/mol. The van der Waals surface area contributed by atoms with E-state index in [1.165, 1.54) is 16.0 Å². The number of nitrogens with zero attached hydrogens (tertiary/aromatic N) is 4. The molecule has 1 saturated heterocycles. The quantitative estimate of drug-likeness (QED) is 0.464. The Morgan fingerprint density at radius 2 is 2.00 bits per heavy atom. The minimum atomic E-state index is -0.365. The molecule has 4 aromatic rings. The van der Waals surface area contributed by atoms with Gasteiger partial charge >= 0.3 is 0 Å². The van der Waals surface area contributed by atoms with E-state index in [1.807, 2.05) is 23.6 Å². The van der Waals surface area contributed by atoms with Crippen LogP contribution in [0.15, 0.2) is 46.6 Å². The molecule has 1 aromatic carbocycles. The highest BCUT2D eigenvalue weighted by molar-refractivity contribution is 7.23. The van der Waals surface area contributed by atoms with E-state index in [0.717, 1.165) is 40.6 Å². The summed E-state index contributed by atoms with van der Waals surface area (Å²) in [6.45, 7) is 1.66. The van der Waals surface area contributed by atoms with Gasteiger partial charge in [-0.3, -0.25) is 9.59 Å². The smallest absolute Gasteiger partial charge is 0.294 e. The Morgan fingerprint density at radius 3 is 2.75 bits per heavy atom. The van der Waals surface area contributed by atoms with Crippen LogP contribution in [0.2, 0.25) is 0 Å². The van der Waals surface area contributed by atoms with Crippen molar-refractivity contribution in [2.75, 3.05) is 30.4 Å². The largest absolute Gasteiger partial charge is 0.495 e. The number of carbonyl (C=O) groups excluding carboxylic acids is 1. The molecule has 32 heavy (non-hydrogen) atoms. The van der Waals surface area contributed by atoms with Crippen LogP contribution in [-0.2, 0) is 11.3 Å². The van der Waals surface area contributed by atoms with Gasteiger partial charge in [0.15, 0.2) is 10.6 Å². The SMILES string of the molecule is COc1ccccc1NC(=O)Cn1nc(-c2cccs2)c2sc(N3CCCC3)nc2c1=O. The molecule has 4 heterocycles. The summed E-state index contributed by atoms with van der Waals surface area (Å²) in [7, 11) is 1.54.